The first kappa shape index (κ1) is 9.03. The maximum atomic E-state index is 9.11. The Morgan fingerprint density at radius 3 is 2.75 bits per heavy atom. The molecule has 66 valence electrons. The van der Waals surface area contributed by atoms with Gasteiger partial charge >= 0.3 is 0 Å². The Hall–Kier alpha value is -1.06. The van der Waals surface area contributed by atoms with Crippen LogP contribution in [0.1, 0.15) is 5.56 Å². The number of hydrogen-bond acceptors (Lipinski definition) is 3. The zero-order valence-electron chi connectivity index (χ0n) is 6.77. The van der Waals surface area contributed by atoms with Crippen molar-refractivity contribution in [2.24, 2.45) is 0 Å². The molecule has 1 aromatic carbocycles. The molecule has 0 bridgehead atoms. The first-order valence-electron chi connectivity index (χ1n) is 3.85. The Morgan fingerprint density at radius 2 is 2.17 bits per heavy atom. The summed E-state index contributed by atoms with van der Waals surface area (Å²) in [6, 6.07) is 7.28. The lowest BCUT2D eigenvalue weighted by Gasteiger charge is -2.06. The van der Waals surface area contributed by atoms with E-state index in [0.29, 0.717) is 12.1 Å². The van der Waals surface area contributed by atoms with Crippen LogP contribution in [0, 0.1) is 0 Å². The molecule has 0 saturated carbocycles. The quantitative estimate of drug-likeness (QED) is 0.562. The van der Waals surface area contributed by atoms with E-state index in [1.54, 1.807) is 12.1 Å². The van der Waals surface area contributed by atoms with Crippen molar-refractivity contribution in [3.8, 4) is 0 Å². The lowest BCUT2D eigenvalue weighted by atomic mass is 10.1. The first-order chi connectivity index (χ1) is 5.72. The predicted octanol–water partition coefficient (Wildman–Crippen LogP) is 0.165. The fourth-order valence-electron chi connectivity index (χ4n) is 1.06. The molecular weight excluding hydrogens is 154 g/mol. The SMILES string of the molecule is Nc1cccc(CC(O)CO)c1. The summed E-state index contributed by atoms with van der Waals surface area (Å²) in [5.41, 5.74) is 7.15. The van der Waals surface area contributed by atoms with Crippen LogP contribution in [0.5, 0.6) is 0 Å². The van der Waals surface area contributed by atoms with Crippen molar-refractivity contribution in [3.63, 3.8) is 0 Å². The summed E-state index contributed by atoms with van der Waals surface area (Å²) in [5.74, 6) is 0. The van der Waals surface area contributed by atoms with Gasteiger partial charge in [0, 0.05) is 12.1 Å². The number of nitrogen functional groups attached to an aromatic ring is 1. The number of anilines is 1. The topological polar surface area (TPSA) is 66.5 Å². The molecule has 3 nitrogen and oxygen atoms in total. The number of aliphatic hydroxyl groups is 2. The molecule has 0 aliphatic rings. The van der Waals surface area contributed by atoms with Gasteiger partial charge in [-0.2, -0.15) is 0 Å². The maximum Gasteiger partial charge on any atom is 0.0811 e. The zero-order valence-corrected chi connectivity index (χ0v) is 6.77. The van der Waals surface area contributed by atoms with E-state index in [-0.39, 0.29) is 6.61 Å². The maximum absolute atomic E-state index is 9.11. The average molecular weight is 167 g/mol. The van der Waals surface area contributed by atoms with E-state index in [4.69, 9.17) is 15.9 Å². The normalized spacial score (nSPS) is 12.8. The molecule has 0 aliphatic heterocycles. The van der Waals surface area contributed by atoms with E-state index >= 15 is 0 Å². The summed E-state index contributed by atoms with van der Waals surface area (Å²) in [7, 11) is 0. The average Bonchev–Trinajstić information content (AvgIpc) is 2.04. The fourth-order valence-corrected chi connectivity index (χ4v) is 1.06. The lowest BCUT2D eigenvalue weighted by Crippen LogP contribution is -2.14. The second kappa shape index (κ2) is 4.09. The number of benzene rings is 1. The minimum atomic E-state index is -0.688. The van der Waals surface area contributed by atoms with Gasteiger partial charge in [0.15, 0.2) is 0 Å². The van der Waals surface area contributed by atoms with Gasteiger partial charge < -0.3 is 15.9 Å². The summed E-state index contributed by atoms with van der Waals surface area (Å²) in [5, 5.41) is 17.7. The minimum absolute atomic E-state index is 0.213. The molecule has 0 aromatic heterocycles. The van der Waals surface area contributed by atoms with Crippen LogP contribution in [0.4, 0.5) is 5.69 Å². The molecule has 0 amide bonds. The largest absolute Gasteiger partial charge is 0.399 e. The van der Waals surface area contributed by atoms with Gasteiger partial charge in [0.25, 0.3) is 0 Å². The third-order valence-electron chi connectivity index (χ3n) is 1.63. The molecule has 12 heavy (non-hydrogen) atoms. The van der Waals surface area contributed by atoms with Crippen molar-refractivity contribution in [3.05, 3.63) is 29.8 Å². The fraction of sp³-hybridized carbons (Fsp3) is 0.333. The molecule has 0 saturated heterocycles. The first-order valence-corrected chi connectivity index (χ1v) is 3.85. The molecule has 0 heterocycles. The summed E-state index contributed by atoms with van der Waals surface area (Å²) in [6.07, 6.45) is -0.242. The second-order valence-electron chi connectivity index (χ2n) is 2.79. The van der Waals surface area contributed by atoms with E-state index in [0.717, 1.165) is 5.56 Å². The van der Waals surface area contributed by atoms with Gasteiger partial charge in [-0.25, -0.2) is 0 Å². The van der Waals surface area contributed by atoms with Crippen LogP contribution in [0.15, 0.2) is 24.3 Å². The Kier molecular flexibility index (Phi) is 3.08. The Bertz CT molecular complexity index is 250. The van der Waals surface area contributed by atoms with Gasteiger partial charge in [-0.15, -0.1) is 0 Å². The molecular formula is C9H13NO2. The molecule has 1 aromatic rings. The van der Waals surface area contributed by atoms with Crippen molar-refractivity contribution in [1.29, 1.82) is 0 Å². The lowest BCUT2D eigenvalue weighted by molar-refractivity contribution is 0.0955. The molecule has 3 heteroatoms. The Morgan fingerprint density at radius 1 is 1.42 bits per heavy atom. The highest BCUT2D eigenvalue weighted by Gasteiger charge is 2.02. The highest BCUT2D eigenvalue weighted by atomic mass is 16.3. The summed E-state index contributed by atoms with van der Waals surface area (Å²) < 4.78 is 0. The standard InChI is InChI=1S/C9H13NO2/c10-8-3-1-2-7(4-8)5-9(12)6-11/h1-4,9,11-12H,5-6,10H2. The molecule has 4 N–H and O–H groups in total. The van der Waals surface area contributed by atoms with Crippen LogP contribution in [0.3, 0.4) is 0 Å². The van der Waals surface area contributed by atoms with E-state index in [2.05, 4.69) is 0 Å². The molecule has 0 radical (unpaired) electrons. The summed E-state index contributed by atoms with van der Waals surface area (Å²) in [6.45, 7) is -0.213. The number of hydrogen-bond donors (Lipinski definition) is 3. The molecule has 1 rings (SSSR count). The van der Waals surface area contributed by atoms with E-state index in [1.807, 2.05) is 12.1 Å². The van der Waals surface area contributed by atoms with Gasteiger partial charge in [-0.3, -0.25) is 0 Å². The van der Waals surface area contributed by atoms with Gasteiger partial charge in [-0.1, -0.05) is 12.1 Å². The summed E-state index contributed by atoms with van der Waals surface area (Å²) in [4.78, 5) is 0. The second-order valence-corrected chi connectivity index (χ2v) is 2.79. The van der Waals surface area contributed by atoms with E-state index < -0.39 is 6.10 Å². The monoisotopic (exact) mass is 167 g/mol. The molecule has 0 fully saturated rings. The van der Waals surface area contributed by atoms with Crippen molar-refractivity contribution in [2.75, 3.05) is 12.3 Å². The zero-order chi connectivity index (χ0) is 8.97. The van der Waals surface area contributed by atoms with Gasteiger partial charge in [0.2, 0.25) is 0 Å². The van der Waals surface area contributed by atoms with Gasteiger partial charge in [0.1, 0.15) is 0 Å². The van der Waals surface area contributed by atoms with Crippen LogP contribution in [-0.2, 0) is 6.42 Å². The van der Waals surface area contributed by atoms with Crippen LogP contribution < -0.4 is 5.73 Å². The predicted molar refractivity (Wildman–Crippen MR) is 47.7 cm³/mol. The van der Waals surface area contributed by atoms with Crippen LogP contribution in [0.2, 0.25) is 0 Å². The van der Waals surface area contributed by atoms with Gasteiger partial charge in [0.05, 0.1) is 12.7 Å². The van der Waals surface area contributed by atoms with Crippen LogP contribution >= 0.6 is 0 Å². The van der Waals surface area contributed by atoms with E-state index in [9.17, 15) is 0 Å². The Labute approximate surface area is 71.5 Å². The summed E-state index contributed by atoms with van der Waals surface area (Å²) >= 11 is 0. The Balaban J connectivity index is 2.63. The van der Waals surface area contributed by atoms with Crippen molar-refractivity contribution < 1.29 is 10.2 Å². The van der Waals surface area contributed by atoms with Crippen LogP contribution in [0.25, 0.3) is 0 Å². The van der Waals surface area contributed by atoms with Crippen molar-refractivity contribution in [2.45, 2.75) is 12.5 Å². The molecule has 0 spiro atoms. The third kappa shape index (κ3) is 2.53. The highest BCUT2D eigenvalue weighted by molar-refractivity contribution is 5.40. The van der Waals surface area contributed by atoms with E-state index in [1.165, 1.54) is 0 Å². The van der Waals surface area contributed by atoms with Crippen molar-refractivity contribution in [1.82, 2.24) is 0 Å². The third-order valence-corrected chi connectivity index (χ3v) is 1.63. The molecule has 1 unspecified atom stereocenters. The molecule has 0 aliphatic carbocycles. The molecule has 1 atom stereocenters. The smallest absolute Gasteiger partial charge is 0.0811 e. The number of rotatable bonds is 3. The highest BCUT2D eigenvalue weighted by Crippen LogP contribution is 2.08. The van der Waals surface area contributed by atoms with Gasteiger partial charge in [-0.05, 0) is 17.7 Å². The van der Waals surface area contributed by atoms with Crippen LogP contribution in [-0.4, -0.2) is 22.9 Å². The minimum Gasteiger partial charge on any atom is -0.399 e. The number of nitrogens with two attached hydrogens (primary N) is 1. The number of aliphatic hydroxyl groups excluding tert-OH is 2. The van der Waals surface area contributed by atoms with Crippen molar-refractivity contribution >= 4 is 5.69 Å².